The molecule has 0 spiro atoms. The predicted molar refractivity (Wildman–Crippen MR) is 80.0 cm³/mol. The van der Waals surface area contributed by atoms with Gasteiger partial charge in [0.15, 0.2) is 0 Å². The van der Waals surface area contributed by atoms with Crippen LogP contribution in [0.4, 0.5) is 0 Å². The van der Waals surface area contributed by atoms with Gasteiger partial charge >= 0.3 is 5.97 Å². The Balaban J connectivity index is 2.67. The van der Waals surface area contributed by atoms with E-state index in [-0.39, 0.29) is 18.4 Å². The highest BCUT2D eigenvalue weighted by Gasteiger charge is 2.13. The van der Waals surface area contributed by atoms with Crippen molar-refractivity contribution in [3.05, 3.63) is 40.3 Å². The molecule has 1 aromatic carbocycles. The van der Waals surface area contributed by atoms with Crippen molar-refractivity contribution in [3.63, 3.8) is 0 Å². The molecule has 0 aliphatic rings. The lowest BCUT2D eigenvalue weighted by Gasteiger charge is -2.12. The number of rotatable bonds is 9. The third kappa shape index (κ3) is 6.19. The van der Waals surface area contributed by atoms with Crippen molar-refractivity contribution in [3.8, 4) is 5.75 Å². The monoisotopic (exact) mass is 291 g/mol. The molecular formula is C15H21N3O3. The van der Waals surface area contributed by atoms with Gasteiger partial charge in [-0.3, -0.25) is 4.79 Å². The first-order valence-corrected chi connectivity index (χ1v) is 7.13. The van der Waals surface area contributed by atoms with Gasteiger partial charge in [-0.25, -0.2) is 0 Å². The van der Waals surface area contributed by atoms with Crippen LogP contribution in [0.1, 0.15) is 44.7 Å². The smallest absolute Gasteiger partial charge is 0.305 e. The van der Waals surface area contributed by atoms with Crippen LogP contribution in [0.15, 0.2) is 29.4 Å². The topological polar surface area (TPSA) is 84.3 Å². The molecule has 0 fully saturated rings. The van der Waals surface area contributed by atoms with Gasteiger partial charge in [-0.05, 0) is 43.0 Å². The Hall–Kier alpha value is -2.20. The summed E-state index contributed by atoms with van der Waals surface area (Å²) < 4.78 is 10.4. The van der Waals surface area contributed by atoms with Gasteiger partial charge in [0, 0.05) is 11.3 Å². The van der Waals surface area contributed by atoms with E-state index in [1.54, 1.807) is 6.92 Å². The van der Waals surface area contributed by atoms with E-state index in [4.69, 9.17) is 15.0 Å². The van der Waals surface area contributed by atoms with E-state index >= 15 is 0 Å². The molecular weight excluding hydrogens is 270 g/mol. The largest absolute Gasteiger partial charge is 0.494 e. The SMILES string of the molecule is CCCOc1ccc(C(CCC(=O)OCC)N=[N+]=[N-])cc1. The molecule has 6 nitrogen and oxygen atoms in total. The molecule has 6 heteroatoms. The van der Waals surface area contributed by atoms with Crippen molar-refractivity contribution in [2.75, 3.05) is 13.2 Å². The molecule has 1 aromatic rings. The minimum Gasteiger partial charge on any atom is -0.494 e. The lowest BCUT2D eigenvalue weighted by atomic mass is 10.0. The Bertz CT molecular complexity index is 481. The summed E-state index contributed by atoms with van der Waals surface area (Å²) in [5, 5.41) is 3.75. The van der Waals surface area contributed by atoms with Crippen molar-refractivity contribution in [2.24, 2.45) is 5.11 Å². The standard InChI is InChI=1S/C15H21N3O3/c1-3-11-21-13-7-5-12(6-8-13)14(17-18-16)9-10-15(19)20-4-2/h5-8,14H,3-4,9-11H2,1-2H3. The summed E-state index contributed by atoms with van der Waals surface area (Å²) in [4.78, 5) is 14.2. The predicted octanol–water partition coefficient (Wildman–Crippen LogP) is 4.17. The highest BCUT2D eigenvalue weighted by molar-refractivity contribution is 5.69. The summed E-state index contributed by atoms with van der Waals surface area (Å²) >= 11 is 0. The molecule has 0 amide bonds. The molecule has 0 heterocycles. The third-order valence-electron chi connectivity index (χ3n) is 2.86. The maximum atomic E-state index is 11.4. The number of carbonyl (C=O) groups is 1. The number of azide groups is 1. The number of ether oxygens (including phenoxy) is 2. The van der Waals surface area contributed by atoms with Crippen LogP contribution in [0.3, 0.4) is 0 Å². The normalized spacial score (nSPS) is 11.3. The first-order valence-electron chi connectivity index (χ1n) is 7.13. The number of carbonyl (C=O) groups excluding carboxylic acids is 1. The molecule has 0 aromatic heterocycles. The summed E-state index contributed by atoms with van der Waals surface area (Å²) in [6, 6.07) is 7.02. The van der Waals surface area contributed by atoms with Crippen LogP contribution in [-0.4, -0.2) is 19.2 Å². The van der Waals surface area contributed by atoms with Gasteiger partial charge in [-0.1, -0.05) is 24.2 Å². The van der Waals surface area contributed by atoms with Crippen molar-refractivity contribution in [1.82, 2.24) is 0 Å². The summed E-state index contributed by atoms with van der Waals surface area (Å²) in [7, 11) is 0. The van der Waals surface area contributed by atoms with Crippen LogP contribution >= 0.6 is 0 Å². The fourth-order valence-electron chi connectivity index (χ4n) is 1.85. The fraction of sp³-hybridized carbons (Fsp3) is 0.533. The number of hydrogen-bond acceptors (Lipinski definition) is 4. The molecule has 0 radical (unpaired) electrons. The number of benzene rings is 1. The summed E-state index contributed by atoms with van der Waals surface area (Å²) in [5.41, 5.74) is 9.52. The highest BCUT2D eigenvalue weighted by Crippen LogP contribution is 2.25. The molecule has 0 saturated heterocycles. The van der Waals surface area contributed by atoms with Gasteiger partial charge in [-0.2, -0.15) is 0 Å². The molecule has 114 valence electrons. The molecule has 0 saturated carbocycles. The highest BCUT2D eigenvalue weighted by atomic mass is 16.5. The van der Waals surface area contributed by atoms with E-state index in [0.29, 0.717) is 19.6 Å². The molecule has 0 aliphatic heterocycles. The lowest BCUT2D eigenvalue weighted by molar-refractivity contribution is -0.143. The van der Waals surface area contributed by atoms with Crippen LogP contribution in [0, 0.1) is 0 Å². The fourth-order valence-corrected chi connectivity index (χ4v) is 1.85. The van der Waals surface area contributed by atoms with Gasteiger partial charge in [0.05, 0.1) is 19.3 Å². The van der Waals surface area contributed by atoms with E-state index in [9.17, 15) is 4.79 Å². The van der Waals surface area contributed by atoms with Crippen LogP contribution < -0.4 is 4.74 Å². The zero-order valence-electron chi connectivity index (χ0n) is 12.5. The van der Waals surface area contributed by atoms with E-state index in [1.807, 2.05) is 31.2 Å². The maximum Gasteiger partial charge on any atom is 0.305 e. The van der Waals surface area contributed by atoms with E-state index in [2.05, 4.69) is 10.0 Å². The molecule has 0 bridgehead atoms. The average Bonchev–Trinajstić information content (AvgIpc) is 2.50. The van der Waals surface area contributed by atoms with E-state index < -0.39 is 0 Å². The Morgan fingerprint density at radius 1 is 1.33 bits per heavy atom. The average molecular weight is 291 g/mol. The van der Waals surface area contributed by atoms with Gasteiger partial charge < -0.3 is 9.47 Å². The quantitative estimate of drug-likeness (QED) is 0.296. The second-order valence-electron chi connectivity index (χ2n) is 4.48. The zero-order valence-corrected chi connectivity index (χ0v) is 12.5. The third-order valence-corrected chi connectivity index (χ3v) is 2.86. The van der Waals surface area contributed by atoms with Gasteiger partial charge in [0.1, 0.15) is 5.75 Å². The van der Waals surface area contributed by atoms with E-state index in [0.717, 1.165) is 17.7 Å². The minimum absolute atomic E-state index is 0.228. The van der Waals surface area contributed by atoms with Crippen molar-refractivity contribution >= 4 is 5.97 Å². The first-order chi connectivity index (χ1) is 10.2. The second-order valence-corrected chi connectivity index (χ2v) is 4.48. The lowest BCUT2D eigenvalue weighted by Crippen LogP contribution is -2.06. The molecule has 1 rings (SSSR count). The number of esters is 1. The Morgan fingerprint density at radius 2 is 2.05 bits per heavy atom. The Kier molecular flexibility index (Phi) is 7.76. The minimum atomic E-state index is -0.375. The van der Waals surface area contributed by atoms with Crippen molar-refractivity contribution in [2.45, 2.75) is 39.2 Å². The zero-order chi connectivity index (χ0) is 15.5. The van der Waals surface area contributed by atoms with Crippen molar-refractivity contribution < 1.29 is 14.3 Å². The number of nitrogens with zero attached hydrogens (tertiary/aromatic N) is 3. The second kappa shape index (κ2) is 9.66. The first kappa shape index (κ1) is 16.9. The Labute approximate surface area is 124 Å². The van der Waals surface area contributed by atoms with Crippen LogP contribution in [0.25, 0.3) is 10.4 Å². The summed E-state index contributed by atoms with van der Waals surface area (Å²) in [6.07, 6.45) is 1.60. The molecule has 1 atom stereocenters. The van der Waals surface area contributed by atoms with Crippen LogP contribution in [0.5, 0.6) is 5.75 Å². The van der Waals surface area contributed by atoms with Gasteiger partial charge in [0.2, 0.25) is 0 Å². The van der Waals surface area contributed by atoms with Gasteiger partial charge in [0.25, 0.3) is 0 Å². The molecule has 0 aliphatic carbocycles. The Morgan fingerprint density at radius 3 is 2.62 bits per heavy atom. The molecule has 1 unspecified atom stereocenters. The summed E-state index contributed by atoms with van der Waals surface area (Å²) in [6.45, 7) is 4.83. The van der Waals surface area contributed by atoms with E-state index in [1.165, 1.54) is 0 Å². The van der Waals surface area contributed by atoms with Crippen LogP contribution in [-0.2, 0) is 9.53 Å². The maximum absolute atomic E-state index is 11.4. The van der Waals surface area contributed by atoms with Gasteiger partial charge in [-0.15, -0.1) is 0 Å². The molecule has 0 N–H and O–H groups in total. The number of hydrogen-bond donors (Lipinski definition) is 0. The summed E-state index contributed by atoms with van der Waals surface area (Å²) in [5.74, 6) is 0.504. The van der Waals surface area contributed by atoms with Crippen LogP contribution in [0.2, 0.25) is 0 Å². The van der Waals surface area contributed by atoms with Crippen molar-refractivity contribution in [1.29, 1.82) is 0 Å². The molecule has 21 heavy (non-hydrogen) atoms.